The van der Waals surface area contributed by atoms with E-state index in [9.17, 15) is 4.79 Å². The molecule has 170 valence electrons. The molecule has 6 heteroatoms. The molecule has 5 nitrogen and oxygen atoms in total. The fraction of sp³-hybridized carbons (Fsp3) is 0.667. The van der Waals surface area contributed by atoms with Crippen molar-refractivity contribution in [2.45, 2.75) is 58.8 Å². The first kappa shape index (κ1) is 26.7. The van der Waals surface area contributed by atoms with Crippen LogP contribution in [0.2, 0.25) is 0 Å². The van der Waals surface area contributed by atoms with Crippen LogP contribution in [0.4, 0.5) is 0 Å². The number of benzene rings is 1. The molecule has 1 unspecified atom stereocenters. The van der Waals surface area contributed by atoms with Gasteiger partial charge in [0.1, 0.15) is 0 Å². The van der Waals surface area contributed by atoms with Crippen LogP contribution >= 0.6 is 24.0 Å². The van der Waals surface area contributed by atoms with Gasteiger partial charge in [-0.2, -0.15) is 0 Å². The Hall–Kier alpha value is -1.31. The summed E-state index contributed by atoms with van der Waals surface area (Å²) in [5.41, 5.74) is 1.29. The van der Waals surface area contributed by atoms with Gasteiger partial charge in [0.15, 0.2) is 5.96 Å². The molecule has 1 aromatic carbocycles. The molecular weight excluding hydrogens is 487 g/mol. The van der Waals surface area contributed by atoms with Crippen LogP contribution in [-0.2, 0) is 11.2 Å². The molecule has 0 spiro atoms. The Labute approximate surface area is 200 Å². The number of aliphatic imine (C=N–C) groups is 1. The van der Waals surface area contributed by atoms with Crippen molar-refractivity contribution < 1.29 is 4.79 Å². The van der Waals surface area contributed by atoms with E-state index in [1.165, 1.54) is 37.7 Å². The highest BCUT2D eigenvalue weighted by molar-refractivity contribution is 14.0. The van der Waals surface area contributed by atoms with Crippen molar-refractivity contribution in [1.29, 1.82) is 0 Å². The molecule has 0 radical (unpaired) electrons. The normalized spacial score (nSPS) is 16.7. The molecule has 0 bridgehead atoms. The number of amides is 1. The van der Waals surface area contributed by atoms with Crippen LogP contribution in [0.5, 0.6) is 0 Å². The number of hydrogen-bond acceptors (Lipinski definition) is 2. The molecule has 2 N–H and O–H groups in total. The average Bonchev–Trinajstić information content (AvgIpc) is 3.08. The van der Waals surface area contributed by atoms with Gasteiger partial charge in [0, 0.05) is 45.6 Å². The lowest BCUT2D eigenvalue weighted by molar-refractivity contribution is -0.127. The van der Waals surface area contributed by atoms with E-state index in [0.717, 1.165) is 44.5 Å². The number of carbonyl (C=O) groups excluding carboxylic acids is 1. The number of nitrogens with zero attached hydrogens (tertiary/aromatic N) is 2. The second-order valence-corrected chi connectivity index (χ2v) is 8.62. The molecule has 1 amide bonds. The smallest absolute Gasteiger partial charge is 0.223 e. The predicted molar refractivity (Wildman–Crippen MR) is 138 cm³/mol. The van der Waals surface area contributed by atoms with Gasteiger partial charge in [-0.05, 0) is 24.3 Å². The van der Waals surface area contributed by atoms with Crippen LogP contribution in [-0.4, -0.2) is 50.0 Å². The van der Waals surface area contributed by atoms with Gasteiger partial charge in [0.2, 0.25) is 5.91 Å². The van der Waals surface area contributed by atoms with Crippen LogP contribution in [0.3, 0.4) is 0 Å². The van der Waals surface area contributed by atoms with E-state index in [-0.39, 0.29) is 29.9 Å². The summed E-state index contributed by atoms with van der Waals surface area (Å²) >= 11 is 0. The molecule has 2 rings (SSSR count). The molecule has 0 aromatic heterocycles. The summed E-state index contributed by atoms with van der Waals surface area (Å²) in [5, 5.41) is 6.81. The van der Waals surface area contributed by atoms with Gasteiger partial charge in [-0.25, -0.2) is 0 Å². The highest BCUT2D eigenvalue weighted by Crippen LogP contribution is 2.17. The van der Waals surface area contributed by atoms with Crippen molar-refractivity contribution in [3.8, 4) is 0 Å². The summed E-state index contributed by atoms with van der Waals surface area (Å²) in [5.74, 6) is 2.29. The van der Waals surface area contributed by atoms with Crippen LogP contribution in [0.1, 0.15) is 57.9 Å². The number of guanidine groups is 1. The van der Waals surface area contributed by atoms with Gasteiger partial charge in [-0.15, -0.1) is 24.0 Å². The average molecular weight is 529 g/mol. The van der Waals surface area contributed by atoms with Gasteiger partial charge in [0.25, 0.3) is 0 Å². The van der Waals surface area contributed by atoms with Crippen LogP contribution in [0.15, 0.2) is 35.3 Å². The van der Waals surface area contributed by atoms with E-state index < -0.39 is 0 Å². The first-order chi connectivity index (χ1) is 14.1. The Bertz CT molecular complexity index is 621. The third-order valence-electron chi connectivity index (χ3n) is 5.59. The second kappa shape index (κ2) is 15.5. The second-order valence-electron chi connectivity index (χ2n) is 8.62. The van der Waals surface area contributed by atoms with E-state index in [4.69, 9.17) is 0 Å². The SMILES string of the molecule is CN=C(NCCCCCCC(C)C)NCC1CC(=O)N(CCc2ccccc2)C1.I. The Morgan fingerprint density at radius 3 is 2.57 bits per heavy atom. The fourth-order valence-corrected chi connectivity index (χ4v) is 3.82. The standard InChI is InChI=1S/C24H40N4O.HI/c1-20(2)11-7-4-5-10-15-26-24(25-3)27-18-22-17-23(29)28(19-22)16-14-21-12-8-6-9-13-21;/h6,8-9,12-13,20,22H,4-5,7,10-11,14-19H2,1-3H3,(H2,25,26,27);1H. The molecule has 1 aromatic rings. The molecule has 0 aliphatic carbocycles. The summed E-state index contributed by atoms with van der Waals surface area (Å²) in [6.45, 7) is 7.97. The maximum absolute atomic E-state index is 12.3. The molecule has 1 atom stereocenters. The van der Waals surface area contributed by atoms with Crippen molar-refractivity contribution in [3.63, 3.8) is 0 Å². The number of carbonyl (C=O) groups is 1. The van der Waals surface area contributed by atoms with Crippen LogP contribution in [0, 0.1) is 11.8 Å². The highest BCUT2D eigenvalue weighted by atomic mass is 127. The summed E-state index contributed by atoms with van der Waals surface area (Å²) in [4.78, 5) is 18.6. The molecular formula is C24H41IN4O. The number of likely N-dealkylation sites (tertiary alicyclic amines) is 1. The van der Waals surface area contributed by atoms with E-state index in [2.05, 4.69) is 53.7 Å². The maximum Gasteiger partial charge on any atom is 0.223 e. The largest absolute Gasteiger partial charge is 0.356 e. The van der Waals surface area contributed by atoms with Crippen molar-refractivity contribution in [2.75, 3.05) is 33.2 Å². The zero-order chi connectivity index (χ0) is 20.9. The lowest BCUT2D eigenvalue weighted by atomic mass is 10.0. The van der Waals surface area contributed by atoms with Gasteiger partial charge < -0.3 is 15.5 Å². The van der Waals surface area contributed by atoms with Gasteiger partial charge in [-0.1, -0.05) is 69.9 Å². The summed E-state index contributed by atoms with van der Waals surface area (Å²) in [7, 11) is 1.81. The number of halogens is 1. The lowest BCUT2D eigenvalue weighted by Gasteiger charge is -2.18. The summed E-state index contributed by atoms with van der Waals surface area (Å²) in [6.07, 6.45) is 7.98. The Kier molecular flexibility index (Phi) is 13.8. The van der Waals surface area contributed by atoms with E-state index in [0.29, 0.717) is 12.3 Å². The number of hydrogen-bond donors (Lipinski definition) is 2. The first-order valence-electron chi connectivity index (χ1n) is 11.3. The third kappa shape index (κ3) is 10.6. The Morgan fingerprint density at radius 1 is 1.13 bits per heavy atom. The first-order valence-corrected chi connectivity index (χ1v) is 11.3. The number of rotatable bonds is 12. The summed E-state index contributed by atoms with van der Waals surface area (Å²) in [6, 6.07) is 10.4. The number of nitrogens with one attached hydrogen (secondary N) is 2. The minimum atomic E-state index is 0. The van der Waals surface area contributed by atoms with Crippen molar-refractivity contribution in [1.82, 2.24) is 15.5 Å². The molecule has 1 aliphatic heterocycles. The van der Waals surface area contributed by atoms with Crippen molar-refractivity contribution in [2.24, 2.45) is 16.8 Å². The highest BCUT2D eigenvalue weighted by Gasteiger charge is 2.29. The minimum absolute atomic E-state index is 0. The summed E-state index contributed by atoms with van der Waals surface area (Å²) < 4.78 is 0. The quantitative estimate of drug-likeness (QED) is 0.182. The Balaban J connectivity index is 0.00000450. The molecule has 1 aliphatic rings. The lowest BCUT2D eigenvalue weighted by Crippen LogP contribution is -2.40. The number of unbranched alkanes of at least 4 members (excludes halogenated alkanes) is 3. The van der Waals surface area contributed by atoms with Crippen LogP contribution in [0.25, 0.3) is 0 Å². The zero-order valence-corrected chi connectivity index (χ0v) is 21.4. The molecule has 1 saturated heterocycles. The molecule has 30 heavy (non-hydrogen) atoms. The Morgan fingerprint density at radius 2 is 1.87 bits per heavy atom. The molecule has 1 heterocycles. The molecule has 1 fully saturated rings. The predicted octanol–water partition coefficient (Wildman–Crippen LogP) is 4.47. The van der Waals surface area contributed by atoms with E-state index in [1.54, 1.807) is 0 Å². The third-order valence-corrected chi connectivity index (χ3v) is 5.59. The topological polar surface area (TPSA) is 56.7 Å². The zero-order valence-electron chi connectivity index (χ0n) is 19.0. The van der Waals surface area contributed by atoms with Crippen molar-refractivity contribution >= 4 is 35.8 Å². The van der Waals surface area contributed by atoms with Gasteiger partial charge >= 0.3 is 0 Å². The molecule has 0 saturated carbocycles. The van der Waals surface area contributed by atoms with E-state index in [1.807, 2.05) is 18.0 Å². The maximum atomic E-state index is 12.3. The van der Waals surface area contributed by atoms with Gasteiger partial charge in [0.05, 0.1) is 0 Å². The minimum Gasteiger partial charge on any atom is -0.356 e. The fourth-order valence-electron chi connectivity index (χ4n) is 3.82. The van der Waals surface area contributed by atoms with E-state index >= 15 is 0 Å². The monoisotopic (exact) mass is 528 g/mol. The van der Waals surface area contributed by atoms with Crippen molar-refractivity contribution in [3.05, 3.63) is 35.9 Å². The van der Waals surface area contributed by atoms with Gasteiger partial charge in [-0.3, -0.25) is 9.79 Å². The van der Waals surface area contributed by atoms with Crippen LogP contribution < -0.4 is 10.6 Å².